The lowest BCUT2D eigenvalue weighted by Crippen LogP contribution is -2.32. The average Bonchev–Trinajstić information content (AvgIpc) is 3.02. The van der Waals surface area contributed by atoms with Crippen molar-refractivity contribution in [2.45, 2.75) is 33.2 Å². The standard InChI is InChI=1S/C26H31NO5/c1-17(2)12-14-32-21-7-5-6-20(16-21)23-22(24(28)19-10-8-18(3)9-11-19)25(29)26(30)27(23)13-15-31-4/h5-11,16-17,23,28H,12-15H2,1-4H3. The van der Waals surface area contributed by atoms with E-state index in [9.17, 15) is 14.7 Å². The Morgan fingerprint density at radius 3 is 2.47 bits per heavy atom. The highest BCUT2D eigenvalue weighted by atomic mass is 16.5. The largest absolute Gasteiger partial charge is 0.507 e. The number of hydrogen-bond donors (Lipinski definition) is 1. The number of nitrogens with zero attached hydrogens (tertiary/aromatic N) is 1. The molecule has 1 aliphatic rings. The summed E-state index contributed by atoms with van der Waals surface area (Å²) in [6, 6.07) is 13.8. The van der Waals surface area contributed by atoms with Crippen LogP contribution in [0, 0.1) is 12.8 Å². The summed E-state index contributed by atoms with van der Waals surface area (Å²) in [5.74, 6) is -0.342. The summed E-state index contributed by atoms with van der Waals surface area (Å²) < 4.78 is 11.0. The van der Waals surface area contributed by atoms with Crippen LogP contribution in [-0.4, -0.2) is 48.6 Å². The number of aliphatic hydroxyl groups excluding tert-OH is 1. The number of aliphatic hydroxyl groups is 1. The molecule has 32 heavy (non-hydrogen) atoms. The quantitative estimate of drug-likeness (QED) is 0.355. The minimum absolute atomic E-state index is 0.0780. The lowest BCUT2D eigenvalue weighted by atomic mass is 9.95. The molecule has 1 atom stereocenters. The molecule has 0 aliphatic carbocycles. The molecule has 170 valence electrons. The van der Waals surface area contributed by atoms with Crippen LogP contribution in [0.4, 0.5) is 0 Å². The van der Waals surface area contributed by atoms with Crippen molar-refractivity contribution in [2.75, 3.05) is 26.9 Å². The zero-order chi connectivity index (χ0) is 23.3. The lowest BCUT2D eigenvalue weighted by molar-refractivity contribution is -0.140. The predicted molar refractivity (Wildman–Crippen MR) is 123 cm³/mol. The number of ether oxygens (including phenoxy) is 2. The second-order valence-electron chi connectivity index (χ2n) is 8.45. The maximum Gasteiger partial charge on any atom is 0.295 e. The monoisotopic (exact) mass is 437 g/mol. The summed E-state index contributed by atoms with van der Waals surface area (Å²) in [4.78, 5) is 27.3. The number of Topliss-reactive ketones (excluding diaryl/α,β-unsaturated/α-hetero) is 1. The fourth-order valence-electron chi connectivity index (χ4n) is 3.70. The second-order valence-corrected chi connectivity index (χ2v) is 8.45. The maximum absolute atomic E-state index is 13.0. The predicted octanol–water partition coefficient (Wildman–Crippen LogP) is 4.49. The normalized spacial score (nSPS) is 17.9. The van der Waals surface area contributed by atoms with Crippen LogP contribution in [0.15, 0.2) is 54.1 Å². The summed E-state index contributed by atoms with van der Waals surface area (Å²) in [6.45, 7) is 7.29. The number of carbonyl (C=O) groups excluding carboxylic acids is 2. The Labute approximate surface area is 189 Å². The van der Waals surface area contributed by atoms with E-state index in [1.54, 1.807) is 19.2 Å². The van der Waals surface area contributed by atoms with Crippen molar-refractivity contribution in [3.05, 3.63) is 70.8 Å². The Morgan fingerprint density at radius 2 is 1.81 bits per heavy atom. The number of methoxy groups -OCH3 is 1. The van der Waals surface area contributed by atoms with Gasteiger partial charge < -0.3 is 19.5 Å². The van der Waals surface area contributed by atoms with Crippen molar-refractivity contribution in [2.24, 2.45) is 5.92 Å². The lowest BCUT2D eigenvalue weighted by Gasteiger charge is -2.25. The maximum atomic E-state index is 13.0. The summed E-state index contributed by atoms with van der Waals surface area (Å²) in [7, 11) is 1.54. The van der Waals surface area contributed by atoms with Gasteiger partial charge in [-0.3, -0.25) is 9.59 Å². The van der Waals surface area contributed by atoms with Crippen molar-refractivity contribution in [3.8, 4) is 5.75 Å². The topological polar surface area (TPSA) is 76.1 Å². The number of benzene rings is 2. The molecule has 0 radical (unpaired) electrons. The van der Waals surface area contributed by atoms with Crippen molar-refractivity contribution < 1.29 is 24.2 Å². The molecule has 0 bridgehead atoms. The average molecular weight is 438 g/mol. The van der Waals surface area contributed by atoms with Gasteiger partial charge in [-0.25, -0.2) is 0 Å². The van der Waals surface area contributed by atoms with Crippen LogP contribution in [0.1, 0.15) is 43.0 Å². The Balaban J connectivity index is 2.04. The zero-order valence-electron chi connectivity index (χ0n) is 19.1. The first kappa shape index (κ1) is 23.5. The fraction of sp³-hybridized carbons (Fsp3) is 0.385. The summed E-state index contributed by atoms with van der Waals surface area (Å²) in [6.07, 6.45) is 0.921. The molecule has 1 amide bonds. The van der Waals surface area contributed by atoms with Crippen LogP contribution in [-0.2, 0) is 14.3 Å². The zero-order valence-corrected chi connectivity index (χ0v) is 19.1. The van der Waals surface area contributed by atoms with E-state index in [1.165, 1.54) is 4.90 Å². The Bertz CT molecular complexity index is 994. The van der Waals surface area contributed by atoms with Crippen LogP contribution in [0.2, 0.25) is 0 Å². The number of aryl methyl sites for hydroxylation is 1. The number of rotatable bonds is 9. The number of carbonyl (C=O) groups is 2. The summed E-state index contributed by atoms with van der Waals surface area (Å²) >= 11 is 0. The van der Waals surface area contributed by atoms with Gasteiger partial charge in [0, 0.05) is 19.2 Å². The molecule has 1 saturated heterocycles. The highest BCUT2D eigenvalue weighted by Crippen LogP contribution is 2.40. The Hall–Kier alpha value is -3.12. The van der Waals surface area contributed by atoms with Gasteiger partial charge in [0.05, 0.1) is 24.8 Å². The Morgan fingerprint density at radius 1 is 1.09 bits per heavy atom. The van der Waals surface area contributed by atoms with Gasteiger partial charge >= 0.3 is 0 Å². The fourth-order valence-corrected chi connectivity index (χ4v) is 3.70. The smallest absolute Gasteiger partial charge is 0.295 e. The first-order valence-corrected chi connectivity index (χ1v) is 10.9. The van der Waals surface area contributed by atoms with E-state index in [1.807, 2.05) is 43.3 Å². The molecule has 6 nitrogen and oxygen atoms in total. The third-order valence-corrected chi connectivity index (χ3v) is 5.54. The van der Waals surface area contributed by atoms with Crippen LogP contribution < -0.4 is 4.74 Å². The van der Waals surface area contributed by atoms with E-state index in [4.69, 9.17) is 9.47 Å². The van der Waals surface area contributed by atoms with Crippen LogP contribution in [0.3, 0.4) is 0 Å². The van der Waals surface area contributed by atoms with Gasteiger partial charge in [-0.15, -0.1) is 0 Å². The summed E-state index contributed by atoms with van der Waals surface area (Å²) in [5, 5.41) is 11.1. The Kier molecular flexibility index (Phi) is 7.70. The molecule has 1 heterocycles. The minimum atomic E-state index is -0.722. The molecule has 2 aromatic carbocycles. The molecular formula is C26H31NO5. The second kappa shape index (κ2) is 10.5. The molecule has 1 unspecified atom stereocenters. The number of ketones is 1. The van der Waals surface area contributed by atoms with E-state index in [2.05, 4.69) is 13.8 Å². The molecule has 1 fully saturated rings. The minimum Gasteiger partial charge on any atom is -0.507 e. The van der Waals surface area contributed by atoms with Crippen LogP contribution in [0.5, 0.6) is 5.75 Å². The van der Waals surface area contributed by atoms with Gasteiger partial charge in [-0.2, -0.15) is 0 Å². The van der Waals surface area contributed by atoms with E-state index >= 15 is 0 Å². The highest BCUT2D eigenvalue weighted by molar-refractivity contribution is 6.46. The summed E-state index contributed by atoms with van der Waals surface area (Å²) in [5.41, 5.74) is 2.31. The molecule has 0 spiro atoms. The van der Waals surface area contributed by atoms with Gasteiger partial charge in [-0.1, -0.05) is 55.8 Å². The van der Waals surface area contributed by atoms with E-state index < -0.39 is 17.7 Å². The van der Waals surface area contributed by atoms with Gasteiger partial charge in [0.1, 0.15) is 11.5 Å². The van der Waals surface area contributed by atoms with Crippen molar-refractivity contribution in [1.82, 2.24) is 4.90 Å². The first-order valence-electron chi connectivity index (χ1n) is 10.9. The number of hydrogen-bond acceptors (Lipinski definition) is 5. The van der Waals surface area contributed by atoms with Crippen molar-refractivity contribution in [3.63, 3.8) is 0 Å². The molecule has 0 saturated carbocycles. The molecule has 6 heteroatoms. The van der Waals surface area contributed by atoms with Gasteiger partial charge in [0.25, 0.3) is 11.7 Å². The molecule has 2 aromatic rings. The van der Waals surface area contributed by atoms with Gasteiger partial charge in [0.2, 0.25) is 0 Å². The number of likely N-dealkylation sites (tertiary alicyclic amines) is 1. The first-order chi connectivity index (χ1) is 15.3. The molecule has 1 aliphatic heterocycles. The van der Waals surface area contributed by atoms with Crippen LogP contribution in [0.25, 0.3) is 5.76 Å². The van der Waals surface area contributed by atoms with Crippen LogP contribution >= 0.6 is 0 Å². The van der Waals surface area contributed by atoms with Crippen molar-refractivity contribution >= 4 is 17.4 Å². The highest BCUT2D eigenvalue weighted by Gasteiger charge is 2.45. The van der Waals surface area contributed by atoms with E-state index in [0.717, 1.165) is 12.0 Å². The van der Waals surface area contributed by atoms with Gasteiger partial charge in [-0.05, 0) is 37.0 Å². The molecule has 0 aromatic heterocycles. The van der Waals surface area contributed by atoms with Gasteiger partial charge in [0.15, 0.2) is 0 Å². The third kappa shape index (κ3) is 5.19. The molecule has 3 rings (SSSR count). The van der Waals surface area contributed by atoms with Crippen molar-refractivity contribution in [1.29, 1.82) is 0 Å². The van der Waals surface area contributed by atoms with E-state index in [-0.39, 0.29) is 24.5 Å². The SMILES string of the molecule is COCCN1C(=O)C(=O)C(=C(O)c2ccc(C)cc2)C1c1cccc(OCCC(C)C)c1. The molecular weight excluding hydrogens is 406 g/mol. The third-order valence-electron chi connectivity index (χ3n) is 5.54. The molecule has 1 N–H and O–H groups in total. The number of amides is 1. The van der Waals surface area contributed by atoms with E-state index in [0.29, 0.717) is 29.4 Å².